The van der Waals surface area contributed by atoms with Gasteiger partial charge in [-0.05, 0) is 86.9 Å². The van der Waals surface area contributed by atoms with Gasteiger partial charge in [0.2, 0.25) is 5.91 Å². The van der Waals surface area contributed by atoms with E-state index in [2.05, 4.69) is 71.4 Å². The molecule has 0 unspecified atom stereocenters. The van der Waals surface area contributed by atoms with E-state index in [4.69, 9.17) is 23.8 Å². The summed E-state index contributed by atoms with van der Waals surface area (Å²) in [7, 11) is 2.10. The summed E-state index contributed by atoms with van der Waals surface area (Å²) in [4.78, 5) is 21.9. The molecule has 39 heavy (non-hydrogen) atoms. The molecule has 1 fully saturated rings. The number of hydrogen-bond donors (Lipinski definition) is 2. The second-order valence-corrected chi connectivity index (χ2v) is 11.7. The SMILES string of the molecule is CC1=CC(C)(C)N(C)c2cc(Cl)c([C@H]3[C@H](c4ccccn4)NC(=S)N3CCC(=O)Nc3ccccc3C)cc21. The predicted molar refractivity (Wildman–Crippen MR) is 164 cm³/mol. The van der Waals surface area contributed by atoms with Crippen molar-refractivity contribution >= 4 is 51.8 Å². The van der Waals surface area contributed by atoms with Crippen molar-refractivity contribution in [3.63, 3.8) is 0 Å². The van der Waals surface area contributed by atoms with Crippen LogP contribution in [-0.2, 0) is 4.79 Å². The van der Waals surface area contributed by atoms with Gasteiger partial charge in [0.1, 0.15) is 0 Å². The van der Waals surface area contributed by atoms with Gasteiger partial charge in [0.25, 0.3) is 0 Å². The molecule has 1 aromatic heterocycles. The minimum Gasteiger partial charge on any atom is -0.365 e. The van der Waals surface area contributed by atoms with Crippen LogP contribution >= 0.6 is 23.8 Å². The number of nitrogens with zero attached hydrogens (tertiary/aromatic N) is 3. The summed E-state index contributed by atoms with van der Waals surface area (Å²) in [6, 6.07) is 17.4. The highest BCUT2D eigenvalue weighted by molar-refractivity contribution is 7.80. The summed E-state index contributed by atoms with van der Waals surface area (Å²) >= 11 is 12.9. The lowest BCUT2D eigenvalue weighted by molar-refractivity contribution is -0.116. The molecule has 3 aromatic rings. The van der Waals surface area contributed by atoms with E-state index in [1.807, 2.05) is 49.4 Å². The standard InChI is InChI=1S/C31H34ClN5OS/c1-19-10-6-7-11-24(19)34-27(38)13-15-37-29(28(35-30(37)39)25-12-8-9-14-33-25)22-16-21-20(2)18-31(3,4)36(5)26(21)17-23(22)32/h6-12,14,16-18,28-29H,13,15H2,1-5H3,(H,34,38)(H,35,39)/t28-,29-/m0/s1. The van der Waals surface area contributed by atoms with E-state index in [1.54, 1.807) is 6.20 Å². The third-order valence-electron chi connectivity index (χ3n) is 7.85. The van der Waals surface area contributed by atoms with E-state index in [0.717, 1.165) is 33.8 Å². The molecule has 2 N–H and O–H groups in total. The fourth-order valence-corrected chi connectivity index (χ4v) is 6.15. The molecule has 0 saturated carbocycles. The summed E-state index contributed by atoms with van der Waals surface area (Å²) < 4.78 is 0. The third-order valence-corrected chi connectivity index (χ3v) is 8.53. The number of amides is 1. The number of nitrogens with one attached hydrogen (secondary N) is 2. The third kappa shape index (κ3) is 5.25. The van der Waals surface area contributed by atoms with E-state index in [0.29, 0.717) is 16.7 Å². The number of aromatic nitrogens is 1. The van der Waals surface area contributed by atoms with Gasteiger partial charge in [-0.25, -0.2) is 0 Å². The molecule has 0 spiro atoms. The number of anilines is 2. The zero-order valence-electron chi connectivity index (χ0n) is 23.0. The fourth-order valence-electron chi connectivity index (χ4n) is 5.55. The molecule has 8 heteroatoms. The maximum absolute atomic E-state index is 13.0. The van der Waals surface area contributed by atoms with Gasteiger partial charge in [-0.1, -0.05) is 41.9 Å². The summed E-state index contributed by atoms with van der Waals surface area (Å²) in [5.41, 5.74) is 7.00. The molecule has 5 rings (SSSR count). The number of benzene rings is 2. The van der Waals surface area contributed by atoms with E-state index in [-0.39, 0.29) is 30.0 Å². The zero-order chi connectivity index (χ0) is 27.9. The maximum Gasteiger partial charge on any atom is 0.226 e. The molecule has 2 aromatic carbocycles. The summed E-state index contributed by atoms with van der Waals surface area (Å²) in [5.74, 6) is -0.0636. The first-order chi connectivity index (χ1) is 18.6. The van der Waals surface area contributed by atoms with Crippen LogP contribution in [0.5, 0.6) is 0 Å². The monoisotopic (exact) mass is 559 g/mol. The summed E-state index contributed by atoms with van der Waals surface area (Å²) in [5, 5.41) is 7.75. The number of para-hydroxylation sites is 1. The second kappa shape index (κ2) is 10.6. The highest BCUT2D eigenvalue weighted by Gasteiger charge is 2.41. The molecule has 2 atom stereocenters. The minimum absolute atomic E-state index is 0.0636. The van der Waals surface area contributed by atoms with Gasteiger partial charge in [0.15, 0.2) is 5.11 Å². The number of halogens is 1. The van der Waals surface area contributed by atoms with Crippen molar-refractivity contribution in [1.29, 1.82) is 0 Å². The Morgan fingerprint density at radius 1 is 1.15 bits per heavy atom. The highest BCUT2D eigenvalue weighted by atomic mass is 35.5. The first kappa shape index (κ1) is 27.2. The average molecular weight is 560 g/mol. The Bertz CT molecular complexity index is 1450. The lowest BCUT2D eigenvalue weighted by Crippen LogP contribution is -2.42. The van der Waals surface area contributed by atoms with E-state index >= 15 is 0 Å². The number of hydrogen-bond acceptors (Lipinski definition) is 4. The van der Waals surface area contributed by atoms with Crippen LogP contribution in [0.2, 0.25) is 5.02 Å². The van der Waals surface area contributed by atoms with Crippen LogP contribution in [0.15, 0.2) is 66.9 Å². The van der Waals surface area contributed by atoms with Crippen LogP contribution in [0.1, 0.15) is 61.7 Å². The first-order valence-electron chi connectivity index (χ1n) is 13.2. The van der Waals surface area contributed by atoms with E-state index in [9.17, 15) is 4.79 Å². The predicted octanol–water partition coefficient (Wildman–Crippen LogP) is 6.68. The molecule has 0 aliphatic carbocycles. The molecule has 2 aliphatic heterocycles. The number of aryl methyl sites for hydroxylation is 1. The largest absolute Gasteiger partial charge is 0.365 e. The van der Waals surface area contributed by atoms with Gasteiger partial charge in [-0.3, -0.25) is 9.78 Å². The normalized spacial score (nSPS) is 19.8. The number of likely N-dealkylation sites (N-methyl/N-ethyl adjacent to an activating group) is 1. The Morgan fingerprint density at radius 3 is 2.62 bits per heavy atom. The quantitative estimate of drug-likeness (QED) is 0.329. The van der Waals surface area contributed by atoms with Crippen LogP contribution < -0.4 is 15.5 Å². The minimum atomic E-state index is -0.232. The number of pyridine rings is 1. The number of rotatable bonds is 6. The molecule has 6 nitrogen and oxygen atoms in total. The van der Waals surface area contributed by atoms with Crippen molar-refractivity contribution in [3.8, 4) is 0 Å². The van der Waals surface area contributed by atoms with Crippen LogP contribution in [0.4, 0.5) is 11.4 Å². The van der Waals surface area contributed by atoms with Gasteiger partial charge in [0.05, 0.1) is 23.3 Å². The van der Waals surface area contributed by atoms with Crippen LogP contribution in [-0.4, -0.2) is 40.0 Å². The molecule has 2 aliphatic rings. The van der Waals surface area contributed by atoms with Crippen molar-refractivity contribution < 1.29 is 4.79 Å². The van der Waals surface area contributed by atoms with Crippen molar-refractivity contribution in [2.24, 2.45) is 0 Å². The topological polar surface area (TPSA) is 60.5 Å². The Labute approximate surface area is 241 Å². The summed E-state index contributed by atoms with van der Waals surface area (Å²) in [6.45, 7) is 8.96. The Morgan fingerprint density at radius 2 is 1.90 bits per heavy atom. The van der Waals surface area contributed by atoms with Gasteiger partial charge < -0.3 is 20.4 Å². The van der Waals surface area contributed by atoms with Crippen molar-refractivity contribution in [2.45, 2.75) is 51.7 Å². The van der Waals surface area contributed by atoms with Crippen LogP contribution in [0.25, 0.3) is 5.57 Å². The Kier molecular flexibility index (Phi) is 7.40. The maximum atomic E-state index is 13.0. The molecular weight excluding hydrogens is 526 g/mol. The van der Waals surface area contributed by atoms with Gasteiger partial charge in [-0.15, -0.1) is 0 Å². The molecule has 0 bridgehead atoms. The number of thiocarbonyl (C=S) groups is 1. The number of fused-ring (bicyclic) bond motifs is 1. The lowest BCUT2D eigenvalue weighted by atomic mass is 9.86. The fraction of sp³-hybridized carbons (Fsp3) is 0.323. The van der Waals surface area contributed by atoms with Crippen molar-refractivity contribution in [2.75, 3.05) is 23.8 Å². The van der Waals surface area contributed by atoms with Gasteiger partial charge in [-0.2, -0.15) is 0 Å². The average Bonchev–Trinajstić information content (AvgIpc) is 3.23. The van der Waals surface area contributed by atoms with Crippen LogP contribution in [0, 0.1) is 6.92 Å². The number of carbonyl (C=O) groups excluding carboxylic acids is 1. The second-order valence-electron chi connectivity index (χ2n) is 10.9. The number of allylic oxidation sites excluding steroid dienone is 1. The first-order valence-corrected chi connectivity index (χ1v) is 14.0. The number of carbonyl (C=O) groups is 1. The molecule has 202 valence electrons. The molecule has 3 heterocycles. The van der Waals surface area contributed by atoms with E-state index in [1.165, 1.54) is 5.57 Å². The highest BCUT2D eigenvalue weighted by Crippen LogP contribution is 2.46. The summed E-state index contributed by atoms with van der Waals surface area (Å²) in [6.07, 6.45) is 4.35. The molecule has 1 saturated heterocycles. The van der Waals surface area contributed by atoms with E-state index < -0.39 is 0 Å². The lowest BCUT2D eigenvalue weighted by Gasteiger charge is -2.41. The molecule has 0 radical (unpaired) electrons. The van der Waals surface area contributed by atoms with Crippen molar-refractivity contribution in [1.82, 2.24) is 15.2 Å². The van der Waals surface area contributed by atoms with Gasteiger partial charge in [0, 0.05) is 48.2 Å². The smallest absolute Gasteiger partial charge is 0.226 e. The van der Waals surface area contributed by atoms with Gasteiger partial charge >= 0.3 is 0 Å². The van der Waals surface area contributed by atoms with Crippen molar-refractivity contribution in [3.05, 3.63) is 94.3 Å². The van der Waals surface area contributed by atoms with Crippen LogP contribution in [0.3, 0.4) is 0 Å². The molecular formula is C31H34ClN5OS. The molecule has 1 amide bonds. The Hall–Kier alpha value is -3.42. The Balaban J connectivity index is 1.50. The zero-order valence-corrected chi connectivity index (χ0v) is 24.5.